The van der Waals surface area contributed by atoms with E-state index in [1.165, 1.54) is 12.5 Å². The van der Waals surface area contributed by atoms with Crippen LogP contribution in [0.4, 0.5) is 0 Å². The Morgan fingerprint density at radius 3 is 2.09 bits per heavy atom. The Morgan fingerprint density at radius 2 is 1.52 bits per heavy atom. The molecule has 3 amide bonds. The van der Waals surface area contributed by atoms with Gasteiger partial charge in [0.2, 0.25) is 17.7 Å². The van der Waals surface area contributed by atoms with Gasteiger partial charge in [0.05, 0.1) is 19.6 Å². The standard InChI is InChI=1S/C26H33N3O4/c1-20(30)27-24(22-11-13-23(33-2)14-12-22)19-26(32)29-17-15-28(16-18-29)25(31)10-6-9-21-7-4-3-5-8-21/h3-5,7-8,11-14,24H,6,9-10,15-19H2,1-2H3,(H,27,30). The topological polar surface area (TPSA) is 79.0 Å². The summed E-state index contributed by atoms with van der Waals surface area (Å²) in [6, 6.07) is 17.1. The van der Waals surface area contributed by atoms with Crippen molar-refractivity contribution in [2.75, 3.05) is 33.3 Å². The average Bonchev–Trinajstić information content (AvgIpc) is 2.84. The summed E-state index contributed by atoms with van der Waals surface area (Å²) in [7, 11) is 1.59. The summed E-state index contributed by atoms with van der Waals surface area (Å²) in [4.78, 5) is 40.8. The maximum atomic E-state index is 12.9. The minimum absolute atomic E-state index is 0.0271. The third-order valence-corrected chi connectivity index (χ3v) is 5.96. The van der Waals surface area contributed by atoms with Crippen LogP contribution in [0.25, 0.3) is 0 Å². The molecule has 1 unspecified atom stereocenters. The number of amides is 3. The molecule has 1 saturated heterocycles. The van der Waals surface area contributed by atoms with Crippen molar-refractivity contribution in [3.63, 3.8) is 0 Å². The number of piperazine rings is 1. The first-order chi connectivity index (χ1) is 16.0. The zero-order valence-electron chi connectivity index (χ0n) is 19.5. The summed E-state index contributed by atoms with van der Waals surface area (Å²) in [6.45, 7) is 3.56. The van der Waals surface area contributed by atoms with Crippen LogP contribution >= 0.6 is 0 Å². The van der Waals surface area contributed by atoms with Crippen LogP contribution < -0.4 is 10.1 Å². The minimum atomic E-state index is -0.404. The normalized spacial score (nSPS) is 14.5. The molecule has 3 rings (SSSR count). The summed E-state index contributed by atoms with van der Waals surface area (Å²) in [5, 5.41) is 2.88. The fraction of sp³-hybridized carbons (Fsp3) is 0.423. The van der Waals surface area contributed by atoms with Crippen molar-refractivity contribution >= 4 is 17.7 Å². The van der Waals surface area contributed by atoms with E-state index in [0.717, 1.165) is 24.2 Å². The number of aryl methyl sites for hydroxylation is 1. The van der Waals surface area contributed by atoms with Crippen molar-refractivity contribution < 1.29 is 19.1 Å². The summed E-state index contributed by atoms with van der Waals surface area (Å²) >= 11 is 0. The maximum Gasteiger partial charge on any atom is 0.225 e. The highest BCUT2D eigenvalue weighted by molar-refractivity contribution is 5.80. The lowest BCUT2D eigenvalue weighted by Crippen LogP contribution is -2.51. The second-order valence-corrected chi connectivity index (χ2v) is 8.33. The van der Waals surface area contributed by atoms with Gasteiger partial charge in [0.15, 0.2) is 0 Å². The number of carbonyl (C=O) groups is 3. The first-order valence-corrected chi connectivity index (χ1v) is 11.5. The van der Waals surface area contributed by atoms with Crippen LogP contribution in [-0.4, -0.2) is 60.8 Å². The van der Waals surface area contributed by atoms with Gasteiger partial charge in [-0.15, -0.1) is 0 Å². The van der Waals surface area contributed by atoms with Crippen LogP contribution in [0.3, 0.4) is 0 Å². The molecule has 0 aromatic heterocycles. The van der Waals surface area contributed by atoms with Gasteiger partial charge in [0.25, 0.3) is 0 Å². The van der Waals surface area contributed by atoms with E-state index in [1.54, 1.807) is 12.0 Å². The molecule has 0 spiro atoms. The molecule has 0 saturated carbocycles. The zero-order chi connectivity index (χ0) is 23.6. The Morgan fingerprint density at radius 1 is 0.909 bits per heavy atom. The highest BCUT2D eigenvalue weighted by atomic mass is 16.5. The Balaban J connectivity index is 1.47. The van der Waals surface area contributed by atoms with Gasteiger partial charge in [-0.2, -0.15) is 0 Å². The number of hydrogen-bond acceptors (Lipinski definition) is 4. The number of rotatable bonds is 9. The third-order valence-electron chi connectivity index (χ3n) is 5.96. The lowest BCUT2D eigenvalue weighted by atomic mass is 10.0. The highest BCUT2D eigenvalue weighted by Gasteiger charge is 2.26. The van der Waals surface area contributed by atoms with Crippen LogP contribution in [-0.2, 0) is 20.8 Å². The van der Waals surface area contributed by atoms with E-state index in [9.17, 15) is 14.4 Å². The van der Waals surface area contributed by atoms with E-state index < -0.39 is 6.04 Å². The highest BCUT2D eigenvalue weighted by Crippen LogP contribution is 2.22. The Hall–Kier alpha value is -3.35. The van der Waals surface area contributed by atoms with Crippen LogP contribution in [0, 0.1) is 0 Å². The van der Waals surface area contributed by atoms with Gasteiger partial charge in [-0.05, 0) is 36.1 Å². The molecule has 0 radical (unpaired) electrons. The summed E-state index contributed by atoms with van der Waals surface area (Å²) in [5.41, 5.74) is 2.10. The quantitative estimate of drug-likeness (QED) is 0.636. The first kappa shape index (κ1) is 24.3. The van der Waals surface area contributed by atoms with Crippen molar-refractivity contribution in [1.29, 1.82) is 0 Å². The van der Waals surface area contributed by atoms with Crippen LogP contribution in [0.2, 0.25) is 0 Å². The fourth-order valence-electron chi connectivity index (χ4n) is 4.09. The second-order valence-electron chi connectivity index (χ2n) is 8.33. The van der Waals surface area contributed by atoms with Crippen LogP contribution in [0.5, 0.6) is 5.75 Å². The van der Waals surface area contributed by atoms with E-state index >= 15 is 0 Å². The van der Waals surface area contributed by atoms with Gasteiger partial charge < -0.3 is 19.9 Å². The van der Waals surface area contributed by atoms with E-state index in [0.29, 0.717) is 32.6 Å². The SMILES string of the molecule is COc1ccc(C(CC(=O)N2CCN(C(=O)CCCc3ccccc3)CC2)NC(C)=O)cc1. The molecule has 176 valence electrons. The molecular formula is C26H33N3O4. The molecule has 2 aromatic carbocycles. The fourth-order valence-corrected chi connectivity index (χ4v) is 4.09. The molecular weight excluding hydrogens is 418 g/mol. The number of nitrogens with zero attached hydrogens (tertiary/aromatic N) is 2. The van der Waals surface area contributed by atoms with Crippen molar-refractivity contribution in [3.8, 4) is 5.75 Å². The maximum absolute atomic E-state index is 12.9. The van der Waals surface area contributed by atoms with Crippen molar-refractivity contribution in [1.82, 2.24) is 15.1 Å². The van der Waals surface area contributed by atoms with Crippen LogP contribution in [0.15, 0.2) is 54.6 Å². The molecule has 1 atom stereocenters. The van der Waals surface area contributed by atoms with Gasteiger partial charge in [-0.3, -0.25) is 14.4 Å². The van der Waals surface area contributed by atoms with Crippen molar-refractivity contribution in [2.45, 2.75) is 38.6 Å². The van der Waals surface area contributed by atoms with E-state index in [1.807, 2.05) is 47.4 Å². The zero-order valence-corrected chi connectivity index (χ0v) is 19.5. The minimum Gasteiger partial charge on any atom is -0.497 e. The smallest absolute Gasteiger partial charge is 0.225 e. The number of methoxy groups -OCH3 is 1. The number of hydrogen-bond donors (Lipinski definition) is 1. The Labute approximate surface area is 195 Å². The molecule has 0 aliphatic carbocycles. The van der Waals surface area contributed by atoms with Crippen molar-refractivity contribution in [3.05, 3.63) is 65.7 Å². The van der Waals surface area contributed by atoms with Gasteiger partial charge in [-0.1, -0.05) is 42.5 Å². The predicted molar refractivity (Wildman–Crippen MR) is 127 cm³/mol. The predicted octanol–water partition coefficient (Wildman–Crippen LogP) is 2.96. The van der Waals surface area contributed by atoms with Gasteiger partial charge >= 0.3 is 0 Å². The van der Waals surface area contributed by atoms with Crippen molar-refractivity contribution in [2.24, 2.45) is 0 Å². The number of carbonyl (C=O) groups excluding carboxylic acids is 3. The largest absolute Gasteiger partial charge is 0.497 e. The molecule has 1 N–H and O–H groups in total. The number of benzene rings is 2. The molecule has 1 heterocycles. The Bertz CT molecular complexity index is 922. The number of ether oxygens (including phenoxy) is 1. The third kappa shape index (κ3) is 7.34. The summed E-state index contributed by atoms with van der Waals surface area (Å²) in [5.74, 6) is 0.652. The monoisotopic (exact) mass is 451 g/mol. The lowest BCUT2D eigenvalue weighted by Gasteiger charge is -2.35. The lowest BCUT2D eigenvalue weighted by molar-refractivity contribution is -0.140. The molecule has 2 aromatic rings. The summed E-state index contributed by atoms with van der Waals surface area (Å²) < 4.78 is 5.19. The van der Waals surface area contributed by atoms with E-state index in [-0.39, 0.29) is 24.1 Å². The van der Waals surface area contributed by atoms with Crippen LogP contribution in [0.1, 0.15) is 43.4 Å². The average molecular weight is 452 g/mol. The van der Waals surface area contributed by atoms with Gasteiger partial charge in [0, 0.05) is 39.5 Å². The molecule has 33 heavy (non-hydrogen) atoms. The molecule has 1 aliphatic heterocycles. The Kier molecular flexibility index (Phi) is 8.87. The second kappa shape index (κ2) is 12.0. The number of nitrogens with one attached hydrogen (secondary N) is 1. The molecule has 7 nitrogen and oxygen atoms in total. The van der Waals surface area contributed by atoms with E-state index in [4.69, 9.17) is 4.74 Å². The summed E-state index contributed by atoms with van der Waals surface area (Å²) in [6.07, 6.45) is 2.41. The molecule has 0 bridgehead atoms. The van der Waals surface area contributed by atoms with E-state index in [2.05, 4.69) is 17.4 Å². The first-order valence-electron chi connectivity index (χ1n) is 11.5. The molecule has 7 heteroatoms. The van der Waals surface area contributed by atoms with Gasteiger partial charge in [0.1, 0.15) is 5.75 Å². The molecule has 1 aliphatic rings. The van der Waals surface area contributed by atoms with Gasteiger partial charge in [-0.25, -0.2) is 0 Å². The molecule has 1 fully saturated rings.